The SMILES string of the molecule is Cc1c[c-]c(-c2cc(C)c(C)cn2)cc1.[2H]C([2H])(c1cnc(-c2[c-]ccc3c2oc2c3ccc3sc(C)c(C)c32)cc1-c1c(C)cccc1C)C(C)(C)C.[Ir]. The molecule has 4 aromatic heterocycles. The standard InChI is InChI=1S/C34H32NOS.C14H14N.Ir/c1-19-10-8-11-20(2)30(19)27-16-28(35-18-23(27)17-34(5,6)7)26-13-9-12-24-25-14-15-29-31(21(3)22(4)37-29)33(25)36-32(24)26;1-10-4-6-13(7-5-10)14-8-11(2)12(3)9-15-14;/h8-12,14-16,18H,17H2,1-7H3;4-6,8-9H,1-3H3;/q2*-1;/i17D2;;. The van der Waals surface area contributed by atoms with Crippen molar-refractivity contribution in [2.24, 2.45) is 5.41 Å². The Kier molecular flexibility index (Phi) is 10.2. The van der Waals surface area contributed by atoms with Crippen molar-refractivity contribution in [2.45, 2.75) is 75.6 Å². The maximum atomic E-state index is 9.13. The van der Waals surface area contributed by atoms with E-state index in [1.165, 1.54) is 37.2 Å². The Morgan fingerprint density at radius 3 is 2.15 bits per heavy atom. The van der Waals surface area contributed by atoms with Gasteiger partial charge < -0.3 is 14.4 Å². The number of rotatable bonds is 4. The van der Waals surface area contributed by atoms with E-state index in [9.17, 15) is 0 Å². The van der Waals surface area contributed by atoms with E-state index in [0.717, 1.165) is 66.7 Å². The van der Waals surface area contributed by atoms with Gasteiger partial charge in [0.15, 0.2) is 0 Å². The smallest absolute Gasteiger partial charge is 0.129 e. The first-order valence-corrected chi connectivity index (χ1v) is 18.6. The topological polar surface area (TPSA) is 38.9 Å². The van der Waals surface area contributed by atoms with Crippen molar-refractivity contribution in [3.05, 3.63) is 141 Å². The maximum absolute atomic E-state index is 9.13. The third-order valence-corrected chi connectivity index (χ3v) is 10.9. The molecule has 0 saturated carbocycles. The Hall–Kier alpha value is -4.41. The molecule has 3 nitrogen and oxygen atoms in total. The third-order valence-electron chi connectivity index (χ3n) is 9.77. The van der Waals surface area contributed by atoms with Crippen molar-refractivity contribution in [3.63, 3.8) is 0 Å². The van der Waals surface area contributed by atoms with Gasteiger partial charge in [-0.15, -0.1) is 64.9 Å². The maximum Gasteiger partial charge on any atom is 0.129 e. The molecule has 0 unspecified atom stereocenters. The summed E-state index contributed by atoms with van der Waals surface area (Å²) in [6.45, 7) is 20.5. The summed E-state index contributed by atoms with van der Waals surface area (Å²) in [6.07, 6.45) is 2.04. The predicted octanol–water partition coefficient (Wildman–Crippen LogP) is 13.6. The second-order valence-electron chi connectivity index (χ2n) is 15.0. The van der Waals surface area contributed by atoms with Crippen LogP contribution in [0, 0.1) is 66.0 Å². The van der Waals surface area contributed by atoms with E-state index in [1.54, 1.807) is 17.5 Å². The fourth-order valence-electron chi connectivity index (χ4n) is 6.81. The number of aromatic nitrogens is 2. The monoisotopic (exact) mass is 893 g/mol. The molecule has 0 aliphatic carbocycles. The van der Waals surface area contributed by atoms with E-state index in [2.05, 4.69) is 114 Å². The third kappa shape index (κ3) is 7.67. The van der Waals surface area contributed by atoms with Gasteiger partial charge in [0, 0.05) is 55.6 Å². The van der Waals surface area contributed by atoms with Crippen LogP contribution in [0.4, 0.5) is 0 Å². The summed E-state index contributed by atoms with van der Waals surface area (Å²) in [5.74, 6) is 0. The van der Waals surface area contributed by atoms with Crippen LogP contribution in [0.1, 0.15) is 67.3 Å². The first-order valence-electron chi connectivity index (χ1n) is 18.8. The molecule has 0 N–H and O–H groups in total. The van der Waals surface area contributed by atoms with Crippen molar-refractivity contribution in [1.82, 2.24) is 9.97 Å². The van der Waals surface area contributed by atoms with Gasteiger partial charge in [-0.2, -0.15) is 0 Å². The van der Waals surface area contributed by atoms with Crippen LogP contribution in [0.3, 0.4) is 0 Å². The quantitative estimate of drug-likeness (QED) is 0.165. The minimum Gasteiger partial charge on any atom is -0.500 e. The zero-order valence-corrected chi connectivity index (χ0v) is 35.3. The summed E-state index contributed by atoms with van der Waals surface area (Å²) in [7, 11) is 0. The molecule has 53 heavy (non-hydrogen) atoms. The van der Waals surface area contributed by atoms with Crippen molar-refractivity contribution in [3.8, 4) is 33.6 Å². The van der Waals surface area contributed by atoms with E-state index >= 15 is 0 Å². The van der Waals surface area contributed by atoms with E-state index in [0.29, 0.717) is 5.56 Å². The van der Waals surface area contributed by atoms with Crippen LogP contribution in [-0.4, -0.2) is 9.97 Å². The molecule has 1 radical (unpaired) electrons. The van der Waals surface area contributed by atoms with E-state index in [4.69, 9.17) is 12.1 Å². The molecule has 0 aliphatic heterocycles. The van der Waals surface area contributed by atoms with E-state index < -0.39 is 11.8 Å². The second-order valence-corrected chi connectivity index (χ2v) is 16.2. The van der Waals surface area contributed by atoms with Gasteiger partial charge in [-0.05, 0) is 110 Å². The zero-order chi connectivity index (χ0) is 38.7. The Balaban J connectivity index is 0.000000270. The first-order chi connectivity index (χ1) is 25.6. The summed E-state index contributed by atoms with van der Waals surface area (Å²) >= 11 is 1.80. The molecule has 8 rings (SSSR count). The van der Waals surface area contributed by atoms with Crippen molar-refractivity contribution < 1.29 is 27.3 Å². The molecule has 0 aliphatic rings. The molecule has 0 fully saturated rings. The van der Waals surface area contributed by atoms with Gasteiger partial charge in [-0.25, -0.2) is 0 Å². The van der Waals surface area contributed by atoms with Crippen LogP contribution in [0.25, 0.3) is 65.7 Å². The van der Waals surface area contributed by atoms with E-state index in [1.807, 2.05) is 51.2 Å². The summed E-state index contributed by atoms with van der Waals surface area (Å²) in [6, 6.07) is 31.5. The number of fused-ring (bicyclic) bond motifs is 5. The molecule has 5 heteroatoms. The van der Waals surface area contributed by atoms with Gasteiger partial charge in [0.1, 0.15) is 5.58 Å². The largest absolute Gasteiger partial charge is 0.500 e. The average Bonchev–Trinajstić information content (AvgIpc) is 3.65. The fraction of sp³-hybridized carbons (Fsp3) is 0.250. The molecule has 8 aromatic rings. The van der Waals surface area contributed by atoms with Gasteiger partial charge in [0.05, 0.1) is 5.58 Å². The van der Waals surface area contributed by atoms with Gasteiger partial charge in [0.25, 0.3) is 0 Å². The molecule has 4 heterocycles. The summed E-state index contributed by atoms with van der Waals surface area (Å²) in [5.41, 5.74) is 14.3. The number of furan rings is 1. The van der Waals surface area contributed by atoms with E-state index in [-0.39, 0.29) is 20.1 Å². The van der Waals surface area contributed by atoms with Gasteiger partial charge in [-0.3, -0.25) is 0 Å². The summed E-state index contributed by atoms with van der Waals surface area (Å²) < 4.78 is 26.1. The Morgan fingerprint density at radius 1 is 0.755 bits per heavy atom. The molecule has 0 amide bonds. The molecule has 0 spiro atoms. The fourth-order valence-corrected chi connectivity index (χ4v) is 7.88. The van der Waals surface area contributed by atoms with Crippen LogP contribution >= 0.6 is 11.3 Å². The Labute approximate surface area is 334 Å². The van der Waals surface area contributed by atoms with Gasteiger partial charge >= 0.3 is 0 Å². The van der Waals surface area contributed by atoms with Crippen LogP contribution in [0.2, 0.25) is 0 Å². The minimum atomic E-state index is -1.60. The average molecular weight is 893 g/mol. The second kappa shape index (κ2) is 15.1. The first kappa shape index (κ1) is 35.6. The zero-order valence-electron chi connectivity index (χ0n) is 34.1. The number of thiophene rings is 1. The Morgan fingerprint density at radius 2 is 1.47 bits per heavy atom. The number of pyridine rings is 2. The molecule has 4 aromatic carbocycles. The van der Waals surface area contributed by atoms with Crippen LogP contribution < -0.4 is 0 Å². The van der Waals surface area contributed by atoms with Crippen LogP contribution in [0.15, 0.2) is 89.6 Å². The van der Waals surface area contributed by atoms with Crippen LogP contribution in [0.5, 0.6) is 0 Å². The molecule has 0 bridgehead atoms. The minimum absolute atomic E-state index is 0. The number of hydrogen-bond acceptors (Lipinski definition) is 4. The van der Waals surface area contributed by atoms with Gasteiger partial charge in [0.2, 0.25) is 0 Å². The van der Waals surface area contributed by atoms with Crippen molar-refractivity contribution in [2.75, 3.05) is 0 Å². The van der Waals surface area contributed by atoms with Crippen molar-refractivity contribution in [1.29, 1.82) is 0 Å². The molecule has 0 saturated heterocycles. The number of hydrogen-bond donors (Lipinski definition) is 0. The molecular formula is C48H46IrN2OS-2. The number of benzene rings is 4. The Bertz CT molecular complexity index is 2680. The molecular weight excluding hydrogens is 845 g/mol. The van der Waals surface area contributed by atoms with Gasteiger partial charge in [-0.1, -0.05) is 80.6 Å². The molecule has 271 valence electrons. The number of nitrogens with zero attached hydrogens (tertiary/aromatic N) is 2. The summed E-state index contributed by atoms with van der Waals surface area (Å²) in [5, 5.41) is 3.30. The van der Waals surface area contributed by atoms with Crippen molar-refractivity contribution >= 4 is 43.4 Å². The normalized spacial score (nSPS) is 12.3. The number of aryl methyl sites for hydroxylation is 7. The summed E-state index contributed by atoms with van der Waals surface area (Å²) in [4.78, 5) is 10.6. The predicted molar refractivity (Wildman–Crippen MR) is 221 cm³/mol. The molecule has 0 atom stereocenters. The van der Waals surface area contributed by atoms with Crippen LogP contribution in [-0.2, 0) is 26.5 Å².